The second kappa shape index (κ2) is 12.0. The Morgan fingerprint density at radius 3 is 2.56 bits per heavy atom. The van der Waals surface area contributed by atoms with Gasteiger partial charge in [-0.2, -0.15) is 0 Å². The van der Waals surface area contributed by atoms with Crippen LogP contribution in [0, 0.1) is 6.92 Å². The van der Waals surface area contributed by atoms with E-state index in [0.717, 1.165) is 71.7 Å². The average molecular weight is 542 g/mol. The largest absolute Gasteiger partial charge is 0.354 e. The van der Waals surface area contributed by atoms with Gasteiger partial charge in [-0.1, -0.05) is 42.7 Å². The molecule has 39 heavy (non-hydrogen) atoms. The summed E-state index contributed by atoms with van der Waals surface area (Å²) in [6, 6.07) is 12.8. The minimum Gasteiger partial charge on any atom is -0.354 e. The van der Waals surface area contributed by atoms with Gasteiger partial charge in [0.25, 0.3) is 0 Å². The molecular weight excluding hydrogens is 506 g/mol. The molecule has 0 bridgehead atoms. The van der Waals surface area contributed by atoms with Crippen molar-refractivity contribution in [1.29, 1.82) is 0 Å². The fraction of sp³-hybridized carbons (Fsp3) is 0.414. The molecule has 2 aliphatic rings. The zero-order chi connectivity index (χ0) is 26.4. The SMILES string of the molecule is Cc1cc(-c2cnc(Nc3ccc(CN4CCN(c5ccccn5)CC4)cn3)s2)nc(NC2CCCCC2)n1. The fourth-order valence-electron chi connectivity index (χ4n) is 5.27. The average Bonchev–Trinajstić information content (AvgIpc) is 3.44. The van der Waals surface area contributed by atoms with Crippen molar-refractivity contribution in [2.24, 2.45) is 0 Å². The standard InChI is InChI=1S/C29H35N9S/c1-21-17-24(35-28(33-21)34-23-7-3-2-4-8-23)25-19-32-29(39-25)36-26-11-10-22(18-31-26)20-37-13-15-38(16-14-37)27-9-5-6-12-30-27/h5-6,9-12,17-19,23H,2-4,7-8,13-16,20H2,1H3,(H,31,32,36)(H,33,34,35). The van der Waals surface area contributed by atoms with Crippen LogP contribution < -0.4 is 15.5 Å². The highest BCUT2D eigenvalue weighted by molar-refractivity contribution is 7.18. The van der Waals surface area contributed by atoms with Crippen LogP contribution in [0.2, 0.25) is 0 Å². The number of aromatic nitrogens is 5. The monoisotopic (exact) mass is 541 g/mol. The molecule has 5 heterocycles. The van der Waals surface area contributed by atoms with E-state index in [1.165, 1.54) is 37.7 Å². The second-order valence-corrected chi connectivity index (χ2v) is 11.4. The number of nitrogens with one attached hydrogen (secondary N) is 2. The lowest BCUT2D eigenvalue weighted by molar-refractivity contribution is 0.249. The van der Waals surface area contributed by atoms with Gasteiger partial charge in [-0.3, -0.25) is 4.90 Å². The molecule has 0 unspecified atom stereocenters. The molecule has 6 rings (SSSR count). The van der Waals surface area contributed by atoms with Gasteiger partial charge in [-0.05, 0) is 49.6 Å². The Balaban J connectivity index is 1.03. The van der Waals surface area contributed by atoms with Crippen LogP contribution in [0.3, 0.4) is 0 Å². The smallest absolute Gasteiger partial charge is 0.223 e. The zero-order valence-corrected chi connectivity index (χ0v) is 23.2. The molecule has 1 aliphatic carbocycles. The maximum absolute atomic E-state index is 4.80. The summed E-state index contributed by atoms with van der Waals surface area (Å²) in [5.41, 5.74) is 3.07. The molecule has 1 saturated heterocycles. The lowest BCUT2D eigenvalue weighted by atomic mass is 9.96. The Morgan fingerprint density at radius 1 is 0.923 bits per heavy atom. The van der Waals surface area contributed by atoms with Crippen LogP contribution in [0.4, 0.5) is 22.7 Å². The zero-order valence-electron chi connectivity index (χ0n) is 22.4. The van der Waals surface area contributed by atoms with Gasteiger partial charge in [0.1, 0.15) is 11.6 Å². The quantitative estimate of drug-likeness (QED) is 0.299. The van der Waals surface area contributed by atoms with E-state index in [4.69, 9.17) is 4.98 Å². The first-order chi connectivity index (χ1) is 19.2. The van der Waals surface area contributed by atoms with Crippen molar-refractivity contribution >= 4 is 34.1 Å². The first kappa shape index (κ1) is 25.6. The molecule has 2 fully saturated rings. The number of nitrogens with zero attached hydrogens (tertiary/aromatic N) is 7. The molecule has 10 heteroatoms. The maximum atomic E-state index is 4.80. The van der Waals surface area contributed by atoms with Gasteiger partial charge in [0.2, 0.25) is 5.95 Å². The summed E-state index contributed by atoms with van der Waals surface area (Å²) in [6.45, 7) is 6.91. The summed E-state index contributed by atoms with van der Waals surface area (Å²) in [4.78, 5) is 29.0. The highest BCUT2D eigenvalue weighted by atomic mass is 32.1. The molecule has 9 nitrogen and oxygen atoms in total. The van der Waals surface area contributed by atoms with E-state index in [1.54, 1.807) is 11.3 Å². The molecule has 4 aromatic rings. The molecule has 0 radical (unpaired) electrons. The first-order valence-corrected chi connectivity index (χ1v) is 14.7. The topological polar surface area (TPSA) is 95.0 Å². The van der Waals surface area contributed by atoms with Crippen LogP contribution in [0.1, 0.15) is 43.4 Å². The molecule has 4 aromatic heterocycles. The first-order valence-electron chi connectivity index (χ1n) is 13.9. The predicted octanol–water partition coefficient (Wildman–Crippen LogP) is 5.51. The minimum atomic E-state index is 0.470. The van der Waals surface area contributed by atoms with Gasteiger partial charge >= 0.3 is 0 Å². The molecule has 1 saturated carbocycles. The second-order valence-electron chi connectivity index (χ2n) is 10.4. The van der Waals surface area contributed by atoms with Crippen molar-refractivity contribution in [3.8, 4) is 10.6 Å². The van der Waals surface area contributed by atoms with Crippen LogP contribution in [0.25, 0.3) is 10.6 Å². The summed E-state index contributed by atoms with van der Waals surface area (Å²) in [5.74, 6) is 2.57. The van der Waals surface area contributed by atoms with Gasteiger partial charge in [-0.15, -0.1) is 0 Å². The molecule has 0 amide bonds. The molecular formula is C29H35N9S. The van der Waals surface area contributed by atoms with Gasteiger partial charge in [0, 0.05) is 63.1 Å². The maximum Gasteiger partial charge on any atom is 0.223 e. The Morgan fingerprint density at radius 2 is 1.79 bits per heavy atom. The van der Waals surface area contributed by atoms with Crippen LogP contribution in [-0.2, 0) is 6.54 Å². The molecule has 0 spiro atoms. The van der Waals surface area contributed by atoms with E-state index in [-0.39, 0.29) is 0 Å². The summed E-state index contributed by atoms with van der Waals surface area (Å²) < 4.78 is 0. The molecule has 0 atom stereocenters. The van der Waals surface area contributed by atoms with Crippen molar-refractivity contribution in [1.82, 2.24) is 29.8 Å². The van der Waals surface area contributed by atoms with Crippen molar-refractivity contribution in [2.45, 2.75) is 51.6 Å². The van der Waals surface area contributed by atoms with E-state index in [2.05, 4.69) is 52.5 Å². The van der Waals surface area contributed by atoms with Crippen molar-refractivity contribution < 1.29 is 0 Å². The van der Waals surface area contributed by atoms with Gasteiger partial charge in [0.05, 0.1) is 10.6 Å². The van der Waals surface area contributed by atoms with E-state index in [1.807, 2.05) is 49.8 Å². The van der Waals surface area contributed by atoms with Gasteiger partial charge in [0.15, 0.2) is 5.13 Å². The van der Waals surface area contributed by atoms with Crippen molar-refractivity contribution in [2.75, 3.05) is 41.7 Å². The summed E-state index contributed by atoms with van der Waals surface area (Å²) in [6.07, 6.45) is 12.0. The van der Waals surface area contributed by atoms with E-state index >= 15 is 0 Å². The Labute approximate surface area is 233 Å². The molecule has 0 aromatic carbocycles. The number of rotatable bonds is 8. The number of thiazole rings is 1. The normalized spacial score (nSPS) is 16.8. The van der Waals surface area contributed by atoms with Crippen molar-refractivity contribution in [3.05, 3.63) is 66.2 Å². The Kier molecular flexibility index (Phi) is 7.92. The third kappa shape index (κ3) is 6.69. The summed E-state index contributed by atoms with van der Waals surface area (Å²) in [5, 5.41) is 7.70. The third-order valence-corrected chi connectivity index (χ3v) is 8.30. The van der Waals surface area contributed by atoms with Crippen LogP contribution in [0.15, 0.2) is 55.0 Å². The number of hydrogen-bond acceptors (Lipinski definition) is 10. The third-order valence-electron chi connectivity index (χ3n) is 7.36. The predicted molar refractivity (Wildman–Crippen MR) is 158 cm³/mol. The highest BCUT2D eigenvalue weighted by Gasteiger charge is 2.18. The van der Waals surface area contributed by atoms with E-state index in [9.17, 15) is 0 Å². The van der Waals surface area contributed by atoms with Crippen molar-refractivity contribution in [3.63, 3.8) is 0 Å². The lowest BCUT2D eigenvalue weighted by Crippen LogP contribution is -2.46. The minimum absolute atomic E-state index is 0.470. The highest BCUT2D eigenvalue weighted by Crippen LogP contribution is 2.30. The van der Waals surface area contributed by atoms with Crippen LogP contribution in [0.5, 0.6) is 0 Å². The van der Waals surface area contributed by atoms with E-state index in [0.29, 0.717) is 6.04 Å². The number of aryl methyl sites for hydroxylation is 1. The number of hydrogen-bond donors (Lipinski definition) is 2. The number of piperazine rings is 1. The fourth-order valence-corrected chi connectivity index (χ4v) is 6.06. The van der Waals surface area contributed by atoms with Crippen LogP contribution >= 0.6 is 11.3 Å². The Bertz CT molecular complexity index is 1340. The van der Waals surface area contributed by atoms with E-state index < -0.39 is 0 Å². The lowest BCUT2D eigenvalue weighted by Gasteiger charge is -2.35. The van der Waals surface area contributed by atoms with Gasteiger partial charge < -0.3 is 15.5 Å². The molecule has 202 valence electrons. The summed E-state index contributed by atoms with van der Waals surface area (Å²) >= 11 is 1.58. The van der Waals surface area contributed by atoms with Gasteiger partial charge in [-0.25, -0.2) is 24.9 Å². The number of pyridine rings is 2. The molecule has 2 N–H and O–H groups in total. The Hall–Kier alpha value is -3.63. The summed E-state index contributed by atoms with van der Waals surface area (Å²) in [7, 11) is 0. The molecule has 1 aliphatic heterocycles. The van der Waals surface area contributed by atoms with Crippen LogP contribution in [-0.4, -0.2) is 62.0 Å². The number of anilines is 4.